The summed E-state index contributed by atoms with van der Waals surface area (Å²) in [5, 5.41) is 10.0. The zero-order chi connectivity index (χ0) is 73.6. The number of fused-ring (bicyclic) bond motifs is 1. The molecule has 2 aromatic heterocycles. The topological polar surface area (TPSA) is 241 Å². The maximum absolute atomic E-state index is 14.6. The number of halogens is 2. The fourth-order valence-electron chi connectivity index (χ4n) is 13.6. The molecule has 11 atom stereocenters. The number of benzene rings is 2. The predicted molar refractivity (Wildman–Crippen MR) is 399 cm³/mol. The summed E-state index contributed by atoms with van der Waals surface area (Å²) < 4.78 is 28.8. The first-order valence-electron chi connectivity index (χ1n) is 35.4. The molecule has 21 nitrogen and oxygen atoms in total. The van der Waals surface area contributed by atoms with E-state index in [-0.39, 0.29) is 108 Å². The molecular weight excluding hydrogens is 1410 g/mol. The number of ether oxygens (including phenoxy) is 5. The number of ketones is 2. The number of nitrogens with one attached hydrogen (secondary N) is 2. The van der Waals surface area contributed by atoms with Crippen molar-refractivity contribution >= 4 is 95.3 Å². The molecule has 4 aromatic rings. The maximum Gasteiger partial charge on any atom is 0.251 e. The van der Waals surface area contributed by atoms with Gasteiger partial charge in [-0.3, -0.25) is 38.5 Å². The lowest BCUT2D eigenvalue weighted by molar-refractivity contribution is -0.150. The zero-order valence-electron chi connectivity index (χ0n) is 62.4. The highest BCUT2D eigenvalue weighted by Gasteiger charge is 2.44. The van der Waals surface area contributed by atoms with Crippen LogP contribution in [0.2, 0.25) is 0 Å². The van der Waals surface area contributed by atoms with Crippen LogP contribution >= 0.6 is 43.2 Å². The highest BCUT2D eigenvalue weighted by atomic mass is 79.9. The van der Waals surface area contributed by atoms with E-state index in [0.717, 1.165) is 40.3 Å². The minimum Gasteiger partial charge on any atom is -0.379 e. The molecule has 5 rings (SSSR count). The number of hydrogen-bond acceptors (Lipinski definition) is 17. The van der Waals surface area contributed by atoms with Crippen LogP contribution in [0.15, 0.2) is 60.1 Å². The van der Waals surface area contributed by atoms with Crippen molar-refractivity contribution in [1.82, 2.24) is 45.2 Å². The summed E-state index contributed by atoms with van der Waals surface area (Å²) in [6.45, 7) is 29.9. The second-order valence-corrected chi connectivity index (χ2v) is 29.6. The molecule has 24 heteroatoms. The molecule has 1 aliphatic rings. The van der Waals surface area contributed by atoms with Gasteiger partial charge >= 0.3 is 0 Å². The number of thiazole rings is 1. The highest BCUT2D eigenvalue weighted by molar-refractivity contribution is 9.09. The van der Waals surface area contributed by atoms with Crippen LogP contribution in [0.3, 0.4) is 0 Å². The third-order valence-electron chi connectivity index (χ3n) is 19.2. The van der Waals surface area contributed by atoms with E-state index < -0.39 is 36.1 Å². The van der Waals surface area contributed by atoms with Gasteiger partial charge in [0.25, 0.3) is 5.91 Å². The van der Waals surface area contributed by atoms with E-state index in [2.05, 4.69) is 85.1 Å². The Labute approximate surface area is 611 Å². The minimum atomic E-state index is -0.656. The van der Waals surface area contributed by atoms with Crippen molar-refractivity contribution in [3.05, 3.63) is 87.6 Å². The maximum atomic E-state index is 14.6. The van der Waals surface area contributed by atoms with Gasteiger partial charge in [0.15, 0.2) is 5.78 Å². The molecule has 1 saturated heterocycles. The molecule has 1 fully saturated rings. The van der Waals surface area contributed by atoms with Gasteiger partial charge < -0.3 is 49.0 Å². The van der Waals surface area contributed by atoms with Crippen LogP contribution in [0.25, 0.3) is 11.0 Å². The average Bonchev–Trinajstić information content (AvgIpc) is 1.60. The number of methoxy groups -OCH3 is 2. The van der Waals surface area contributed by atoms with E-state index in [1.54, 1.807) is 63.4 Å². The molecule has 3 heterocycles. The fourth-order valence-corrected chi connectivity index (χ4v) is 15.2. The molecule has 0 saturated carbocycles. The van der Waals surface area contributed by atoms with Gasteiger partial charge in [0.1, 0.15) is 10.8 Å². The summed E-state index contributed by atoms with van der Waals surface area (Å²) in [5.74, 6) is -1.96. The SMILES string of the molecule is CC(=O)[C@H](C(C)C)N(C)CCOCCOCCOCCNC(=O)c1ccc2nc(CBr)c(CBr)nc2c1.CC[C@H](C(=O)N(C)[C@H](C(=O)C[C@H](C(=O)N(C)[C@@H]([C@@H](C)CC)[C@@H](CC(=O)N1CCC[C@H]1[C@H](OC)[C@@H](C)C(=O)N[C@@H](Cc1ccccc1)c1nccs1)OC)C(C)C)C(C)C)C(C)C. The van der Waals surface area contributed by atoms with Gasteiger partial charge in [0.2, 0.25) is 23.6 Å². The average molecular weight is 1530 g/mol. The van der Waals surface area contributed by atoms with E-state index in [0.29, 0.717) is 100 Å². The molecule has 0 aliphatic carbocycles. The predicted octanol–water partition coefficient (Wildman–Crippen LogP) is 11.6. The van der Waals surface area contributed by atoms with Crippen LogP contribution in [0.1, 0.15) is 167 Å². The number of carbonyl (C=O) groups excluding carboxylic acids is 7. The van der Waals surface area contributed by atoms with Crippen molar-refractivity contribution in [2.24, 2.45) is 47.3 Å². The second-order valence-electron chi connectivity index (χ2n) is 27.6. The van der Waals surface area contributed by atoms with Crippen LogP contribution in [-0.4, -0.2) is 207 Å². The number of likely N-dealkylation sites (tertiary alicyclic amines) is 1. The number of nitrogens with zero attached hydrogens (tertiary/aromatic N) is 7. The largest absolute Gasteiger partial charge is 0.379 e. The van der Waals surface area contributed by atoms with Gasteiger partial charge in [-0.15, -0.1) is 11.3 Å². The molecule has 0 spiro atoms. The molecule has 5 amide bonds. The van der Waals surface area contributed by atoms with Crippen molar-refractivity contribution in [3.63, 3.8) is 0 Å². The molecule has 99 heavy (non-hydrogen) atoms. The van der Waals surface area contributed by atoms with Gasteiger partial charge in [0.05, 0.1) is 117 Å². The number of Topliss-reactive ketones (excluding diaryl/α,β-unsaturated/α-hetero) is 2. The Morgan fingerprint density at radius 3 is 1.83 bits per heavy atom. The Hall–Kier alpha value is -5.18. The van der Waals surface area contributed by atoms with Crippen molar-refractivity contribution in [3.8, 4) is 0 Å². The molecular formula is C75H117Br2N9O12S. The van der Waals surface area contributed by atoms with E-state index >= 15 is 0 Å². The first kappa shape index (κ1) is 86.2. The minimum absolute atomic E-state index is 0.0000477. The number of alkyl halides is 2. The van der Waals surface area contributed by atoms with Gasteiger partial charge in [-0.2, -0.15) is 0 Å². The van der Waals surface area contributed by atoms with Crippen molar-refractivity contribution in [2.75, 3.05) is 94.6 Å². The normalized spacial score (nSPS) is 16.4. The van der Waals surface area contributed by atoms with Crippen LogP contribution in [0.5, 0.6) is 0 Å². The van der Waals surface area contributed by atoms with Crippen molar-refractivity contribution < 1.29 is 57.2 Å². The van der Waals surface area contributed by atoms with Crippen LogP contribution in [0, 0.1) is 47.3 Å². The molecule has 0 unspecified atom stereocenters. The standard InChI is InChI=1S/C49H79N5O7S.C26H38Br2N4O5/c1-15-33(9)44(53(12)49(59)37(31(5)6)28-40(55)43(32(7)8)52(11)48(58)36(16-2)30(3)4)41(60-13)29-42(56)54-25-20-23-39(54)45(61-14)34(10)46(57)51-38(47-50-24-26-62-47)27-35-21-18-17-19-22-35;1-18(2)25(19(3)33)32(4)8-10-36-12-14-37-13-11-35-9-7-29-26(34)20-5-6-21-22(15-20)31-24(17-28)23(16-27)30-21/h17-19,21-22,24,26,30-34,36-39,41,43-45H,15-16,20,23,25,27-29H2,1-14H3,(H,51,57);5-6,15,18,25H,7-14,16-17H2,1-4H3,(H,29,34)/t33-,34+,36-,37-,38-,39-,41+,43-,44-,45+;25-/m00/s1. The lowest BCUT2D eigenvalue weighted by atomic mass is 9.83. The number of hydrogen-bond donors (Lipinski definition) is 2. The Balaban J connectivity index is 0.000000478. The van der Waals surface area contributed by atoms with E-state index in [1.165, 1.54) is 11.3 Å². The molecule has 0 radical (unpaired) electrons. The summed E-state index contributed by atoms with van der Waals surface area (Å²) in [6.07, 6.45) is 4.04. The summed E-state index contributed by atoms with van der Waals surface area (Å²) in [4.78, 5) is 116. The second kappa shape index (κ2) is 44.4. The summed E-state index contributed by atoms with van der Waals surface area (Å²) in [6, 6.07) is 13.5. The smallest absolute Gasteiger partial charge is 0.251 e. The number of rotatable bonds is 43. The lowest BCUT2D eigenvalue weighted by Gasteiger charge is -2.41. The lowest BCUT2D eigenvalue weighted by Crippen LogP contribution is -2.55. The molecule has 1 aliphatic heterocycles. The third-order valence-corrected chi connectivity index (χ3v) is 21.1. The molecule has 554 valence electrons. The summed E-state index contributed by atoms with van der Waals surface area (Å²) in [7, 11) is 8.60. The molecule has 2 aromatic carbocycles. The van der Waals surface area contributed by atoms with Crippen molar-refractivity contribution in [1.29, 1.82) is 0 Å². The Kier molecular flexibility index (Phi) is 38.6. The van der Waals surface area contributed by atoms with E-state index in [9.17, 15) is 33.6 Å². The number of likely N-dealkylation sites (N-methyl/N-ethyl adjacent to an activating group) is 3. The Morgan fingerprint density at radius 2 is 1.29 bits per heavy atom. The van der Waals surface area contributed by atoms with Gasteiger partial charge in [-0.1, -0.05) is 152 Å². The van der Waals surface area contributed by atoms with Crippen LogP contribution < -0.4 is 10.6 Å². The van der Waals surface area contributed by atoms with Gasteiger partial charge in [-0.05, 0) is 93.0 Å². The first-order chi connectivity index (χ1) is 47.1. The van der Waals surface area contributed by atoms with Gasteiger partial charge in [-0.25, -0.2) is 15.0 Å². The Morgan fingerprint density at radius 1 is 0.697 bits per heavy atom. The fraction of sp³-hybridized carbons (Fsp3) is 0.680. The summed E-state index contributed by atoms with van der Waals surface area (Å²) in [5.41, 5.74) is 4.79. The van der Waals surface area contributed by atoms with Gasteiger partial charge in [0, 0.05) is 94.0 Å². The van der Waals surface area contributed by atoms with Crippen LogP contribution in [0.4, 0.5) is 0 Å². The Bertz CT molecular complexity index is 3110. The number of carbonyl (C=O) groups is 7. The third kappa shape index (κ3) is 25.9. The zero-order valence-corrected chi connectivity index (χ0v) is 66.3. The highest BCUT2D eigenvalue weighted by Crippen LogP contribution is 2.33. The van der Waals surface area contributed by atoms with Crippen LogP contribution in [-0.2, 0) is 69.5 Å². The van der Waals surface area contributed by atoms with E-state index in [4.69, 9.17) is 23.7 Å². The number of amides is 5. The monoisotopic (exact) mass is 1530 g/mol. The molecule has 2 N–H and O–H groups in total. The number of aromatic nitrogens is 3. The van der Waals surface area contributed by atoms with Crippen molar-refractivity contribution in [2.45, 2.75) is 188 Å². The first-order valence-corrected chi connectivity index (χ1v) is 38.5. The quantitative estimate of drug-likeness (QED) is 0.0309. The van der Waals surface area contributed by atoms with E-state index in [1.807, 2.05) is 114 Å². The molecule has 0 bridgehead atoms. The summed E-state index contributed by atoms with van der Waals surface area (Å²) >= 11 is 8.37.